The fraction of sp³-hybridized carbons (Fsp3) is 1.00. The Hall–Kier alpha value is 0.250. The van der Waals surface area contributed by atoms with Crippen LogP contribution < -0.4 is 5.32 Å². The van der Waals surface area contributed by atoms with Crippen LogP contribution in [0.2, 0.25) is 0 Å². The molecular weight excluding hydrogens is 182 g/mol. The van der Waals surface area contributed by atoms with Crippen LogP contribution in [0.25, 0.3) is 0 Å². The predicted octanol–water partition coefficient (Wildman–Crippen LogP) is 3.03. The van der Waals surface area contributed by atoms with E-state index < -0.39 is 0 Å². The Morgan fingerprint density at radius 3 is 2.31 bits per heavy atom. The Morgan fingerprint density at radius 2 is 1.92 bits per heavy atom. The SMILES string of the molecule is CC(C)(C)CCNCC1(CCl)CC1. The minimum Gasteiger partial charge on any atom is -0.316 e. The third-order valence-corrected chi connectivity index (χ3v) is 3.36. The van der Waals surface area contributed by atoms with Crippen molar-refractivity contribution < 1.29 is 0 Å². The summed E-state index contributed by atoms with van der Waals surface area (Å²) < 4.78 is 0. The average molecular weight is 204 g/mol. The molecule has 0 unspecified atom stereocenters. The lowest BCUT2D eigenvalue weighted by atomic mass is 9.92. The summed E-state index contributed by atoms with van der Waals surface area (Å²) in [6.45, 7) is 9.09. The lowest BCUT2D eigenvalue weighted by Gasteiger charge is -2.19. The van der Waals surface area contributed by atoms with Crippen LogP contribution in [-0.2, 0) is 0 Å². The van der Waals surface area contributed by atoms with Gasteiger partial charge in [-0.1, -0.05) is 20.8 Å². The molecule has 0 aromatic carbocycles. The first-order chi connectivity index (χ1) is 5.97. The fourth-order valence-electron chi connectivity index (χ4n) is 1.35. The fourth-order valence-corrected chi connectivity index (χ4v) is 1.71. The maximum absolute atomic E-state index is 5.88. The normalized spacial score (nSPS) is 20.3. The highest BCUT2D eigenvalue weighted by atomic mass is 35.5. The third-order valence-electron chi connectivity index (χ3n) is 2.79. The van der Waals surface area contributed by atoms with Gasteiger partial charge in [-0.3, -0.25) is 0 Å². The lowest BCUT2D eigenvalue weighted by Crippen LogP contribution is -2.28. The quantitative estimate of drug-likeness (QED) is 0.535. The molecule has 0 radical (unpaired) electrons. The molecule has 1 nitrogen and oxygen atoms in total. The summed E-state index contributed by atoms with van der Waals surface area (Å²) in [5.41, 5.74) is 0.921. The zero-order valence-electron chi connectivity index (χ0n) is 9.12. The summed E-state index contributed by atoms with van der Waals surface area (Å²) in [5, 5.41) is 3.51. The van der Waals surface area contributed by atoms with Crippen LogP contribution in [0.4, 0.5) is 0 Å². The van der Waals surface area contributed by atoms with Crippen molar-refractivity contribution in [1.29, 1.82) is 0 Å². The molecule has 2 heteroatoms. The van der Waals surface area contributed by atoms with Crippen LogP contribution in [0, 0.1) is 10.8 Å². The molecule has 1 saturated carbocycles. The lowest BCUT2D eigenvalue weighted by molar-refractivity contribution is 0.358. The molecule has 0 heterocycles. The summed E-state index contributed by atoms with van der Waals surface area (Å²) in [7, 11) is 0. The molecule has 1 aliphatic carbocycles. The molecule has 0 atom stereocenters. The van der Waals surface area contributed by atoms with Crippen LogP contribution in [0.15, 0.2) is 0 Å². The van der Waals surface area contributed by atoms with E-state index in [4.69, 9.17) is 11.6 Å². The third kappa shape index (κ3) is 4.33. The zero-order chi connectivity index (χ0) is 9.95. The number of rotatable bonds is 5. The number of hydrogen-bond acceptors (Lipinski definition) is 1. The highest BCUT2D eigenvalue weighted by Crippen LogP contribution is 2.45. The molecule has 0 aliphatic heterocycles. The highest BCUT2D eigenvalue weighted by molar-refractivity contribution is 6.18. The van der Waals surface area contributed by atoms with Crippen molar-refractivity contribution in [2.75, 3.05) is 19.0 Å². The molecule has 13 heavy (non-hydrogen) atoms. The Labute approximate surface area is 87.2 Å². The van der Waals surface area contributed by atoms with Crippen molar-refractivity contribution in [3.05, 3.63) is 0 Å². The molecule has 1 fully saturated rings. The molecule has 0 aromatic heterocycles. The van der Waals surface area contributed by atoms with Gasteiger partial charge in [-0.2, -0.15) is 0 Å². The number of nitrogens with one attached hydrogen (secondary N) is 1. The molecule has 0 saturated heterocycles. The molecule has 0 bridgehead atoms. The van der Waals surface area contributed by atoms with Gasteiger partial charge < -0.3 is 5.32 Å². The summed E-state index contributed by atoms with van der Waals surface area (Å²) in [6, 6.07) is 0. The van der Waals surface area contributed by atoms with Gasteiger partial charge in [-0.15, -0.1) is 11.6 Å². The van der Waals surface area contributed by atoms with Gasteiger partial charge >= 0.3 is 0 Å². The van der Waals surface area contributed by atoms with E-state index in [0.29, 0.717) is 10.8 Å². The highest BCUT2D eigenvalue weighted by Gasteiger charge is 2.41. The van der Waals surface area contributed by atoms with Gasteiger partial charge in [0.15, 0.2) is 0 Å². The largest absolute Gasteiger partial charge is 0.316 e. The standard InChI is InChI=1S/C11H22ClN/c1-10(2,3)6-7-13-9-11(8-12)4-5-11/h13H,4-9H2,1-3H3. The monoisotopic (exact) mass is 203 g/mol. The molecule has 78 valence electrons. The number of alkyl halides is 1. The van der Waals surface area contributed by atoms with Crippen molar-refractivity contribution in [3.63, 3.8) is 0 Å². The van der Waals surface area contributed by atoms with Gasteiger partial charge in [-0.25, -0.2) is 0 Å². The van der Waals surface area contributed by atoms with E-state index in [2.05, 4.69) is 26.1 Å². The minimum absolute atomic E-state index is 0.449. The van der Waals surface area contributed by atoms with E-state index in [0.717, 1.165) is 19.0 Å². The predicted molar refractivity (Wildman–Crippen MR) is 59.3 cm³/mol. The molecule has 0 aromatic rings. The Kier molecular flexibility index (Phi) is 3.64. The Morgan fingerprint density at radius 1 is 1.31 bits per heavy atom. The van der Waals surface area contributed by atoms with Crippen molar-refractivity contribution in [2.45, 2.75) is 40.0 Å². The molecular formula is C11H22ClN. The first-order valence-corrected chi connectivity index (χ1v) is 5.78. The number of halogens is 1. The molecule has 1 rings (SSSR count). The van der Waals surface area contributed by atoms with Gasteiger partial charge in [0.05, 0.1) is 0 Å². The number of hydrogen-bond donors (Lipinski definition) is 1. The van der Waals surface area contributed by atoms with E-state index in [1.54, 1.807) is 0 Å². The summed E-state index contributed by atoms with van der Waals surface area (Å²) in [6.07, 6.45) is 3.88. The van der Waals surface area contributed by atoms with Gasteiger partial charge in [0, 0.05) is 12.4 Å². The van der Waals surface area contributed by atoms with Gasteiger partial charge in [-0.05, 0) is 36.6 Å². The maximum Gasteiger partial charge on any atom is 0.0292 e. The van der Waals surface area contributed by atoms with Gasteiger partial charge in [0.1, 0.15) is 0 Å². The second-order valence-electron chi connectivity index (χ2n) is 5.62. The molecule has 0 spiro atoms. The van der Waals surface area contributed by atoms with E-state index in [1.807, 2.05) is 0 Å². The molecule has 1 aliphatic rings. The zero-order valence-corrected chi connectivity index (χ0v) is 9.88. The van der Waals surface area contributed by atoms with Crippen LogP contribution in [0.3, 0.4) is 0 Å². The van der Waals surface area contributed by atoms with Gasteiger partial charge in [0.2, 0.25) is 0 Å². The average Bonchev–Trinajstić information content (AvgIpc) is 2.78. The Bertz CT molecular complexity index is 156. The topological polar surface area (TPSA) is 12.0 Å². The van der Waals surface area contributed by atoms with Gasteiger partial charge in [0.25, 0.3) is 0 Å². The van der Waals surface area contributed by atoms with Crippen molar-refractivity contribution in [3.8, 4) is 0 Å². The van der Waals surface area contributed by atoms with E-state index in [1.165, 1.54) is 19.3 Å². The van der Waals surface area contributed by atoms with Crippen molar-refractivity contribution >= 4 is 11.6 Å². The molecule has 1 N–H and O–H groups in total. The Balaban J connectivity index is 2.02. The first-order valence-electron chi connectivity index (χ1n) is 5.24. The maximum atomic E-state index is 5.88. The van der Waals surface area contributed by atoms with Crippen molar-refractivity contribution in [2.24, 2.45) is 10.8 Å². The smallest absolute Gasteiger partial charge is 0.0292 e. The summed E-state index contributed by atoms with van der Waals surface area (Å²) in [5.74, 6) is 0.829. The van der Waals surface area contributed by atoms with Crippen LogP contribution in [0.1, 0.15) is 40.0 Å². The van der Waals surface area contributed by atoms with E-state index in [-0.39, 0.29) is 0 Å². The summed E-state index contributed by atoms with van der Waals surface area (Å²) >= 11 is 5.88. The van der Waals surface area contributed by atoms with Crippen LogP contribution in [0.5, 0.6) is 0 Å². The van der Waals surface area contributed by atoms with E-state index >= 15 is 0 Å². The van der Waals surface area contributed by atoms with Crippen LogP contribution >= 0.6 is 11.6 Å². The van der Waals surface area contributed by atoms with Crippen molar-refractivity contribution in [1.82, 2.24) is 5.32 Å². The minimum atomic E-state index is 0.449. The second kappa shape index (κ2) is 4.18. The van der Waals surface area contributed by atoms with E-state index in [9.17, 15) is 0 Å². The van der Waals surface area contributed by atoms with Crippen LogP contribution in [-0.4, -0.2) is 19.0 Å². The summed E-state index contributed by atoms with van der Waals surface area (Å²) in [4.78, 5) is 0. The molecule has 0 amide bonds. The first kappa shape index (κ1) is 11.3. The second-order valence-corrected chi connectivity index (χ2v) is 5.89.